The Morgan fingerprint density at radius 2 is 2.46 bits per heavy atom. The van der Waals surface area contributed by atoms with Gasteiger partial charge in [0.15, 0.2) is 0 Å². The lowest BCUT2D eigenvalue weighted by Crippen LogP contribution is -1.87. The average Bonchev–Trinajstić information content (AvgIpc) is 2.19. The van der Waals surface area contributed by atoms with Crippen molar-refractivity contribution in [2.24, 2.45) is 0 Å². The molecule has 0 spiro atoms. The highest BCUT2D eigenvalue weighted by molar-refractivity contribution is 7.99. The first-order chi connectivity index (χ1) is 6.38. The first kappa shape index (κ1) is 10.7. The smallest absolute Gasteiger partial charge is 0.133 e. The second-order valence-corrected chi connectivity index (χ2v) is 3.98. The fourth-order valence-electron chi connectivity index (χ4n) is 0.916. The zero-order chi connectivity index (χ0) is 9.52. The standard InChI is InChI=1S/C10H12ClOS/c1-12-9-5-2-3-6-10(9)13-8-4-7-11/h3,5-6H,4,7-8H2,1H3. The van der Waals surface area contributed by atoms with E-state index < -0.39 is 0 Å². The largest absolute Gasteiger partial charge is 0.496 e. The molecule has 13 heavy (non-hydrogen) atoms. The van der Waals surface area contributed by atoms with Crippen LogP contribution in [0.15, 0.2) is 23.1 Å². The first-order valence-electron chi connectivity index (χ1n) is 4.11. The SMILES string of the molecule is COc1c[c]ccc1SCCCCl. The summed E-state index contributed by atoms with van der Waals surface area (Å²) in [6, 6.07) is 8.73. The van der Waals surface area contributed by atoms with E-state index in [0.29, 0.717) is 5.88 Å². The molecule has 0 unspecified atom stereocenters. The summed E-state index contributed by atoms with van der Waals surface area (Å²) in [5.74, 6) is 2.64. The van der Waals surface area contributed by atoms with E-state index in [-0.39, 0.29) is 0 Å². The molecule has 0 heterocycles. The van der Waals surface area contributed by atoms with Gasteiger partial charge in [0.2, 0.25) is 0 Å². The van der Waals surface area contributed by atoms with E-state index >= 15 is 0 Å². The number of rotatable bonds is 5. The number of ether oxygens (including phenoxy) is 1. The lowest BCUT2D eigenvalue weighted by atomic mass is 10.3. The monoisotopic (exact) mass is 215 g/mol. The number of hydrogen-bond acceptors (Lipinski definition) is 2. The van der Waals surface area contributed by atoms with Gasteiger partial charge in [-0.2, -0.15) is 0 Å². The zero-order valence-electron chi connectivity index (χ0n) is 7.55. The normalized spacial score (nSPS) is 10.0. The van der Waals surface area contributed by atoms with Crippen LogP contribution in [0.25, 0.3) is 0 Å². The van der Waals surface area contributed by atoms with Crippen LogP contribution in [0.4, 0.5) is 0 Å². The van der Waals surface area contributed by atoms with Crippen LogP contribution in [-0.2, 0) is 0 Å². The van der Waals surface area contributed by atoms with Gasteiger partial charge >= 0.3 is 0 Å². The summed E-state index contributed by atoms with van der Waals surface area (Å²) < 4.78 is 5.19. The molecule has 1 aromatic carbocycles. The highest BCUT2D eigenvalue weighted by Gasteiger charge is 2.00. The van der Waals surface area contributed by atoms with Crippen molar-refractivity contribution >= 4 is 23.4 Å². The number of benzene rings is 1. The molecule has 0 aliphatic heterocycles. The molecule has 1 rings (SSSR count). The zero-order valence-corrected chi connectivity index (χ0v) is 9.12. The van der Waals surface area contributed by atoms with Crippen LogP contribution in [0.5, 0.6) is 5.75 Å². The molecule has 0 amide bonds. The van der Waals surface area contributed by atoms with Crippen LogP contribution in [0.1, 0.15) is 6.42 Å². The maximum Gasteiger partial charge on any atom is 0.133 e. The van der Waals surface area contributed by atoms with Gasteiger partial charge in [0.25, 0.3) is 0 Å². The summed E-state index contributed by atoms with van der Waals surface area (Å²) in [6.45, 7) is 0. The molecule has 0 aliphatic rings. The van der Waals surface area contributed by atoms with Crippen LogP contribution in [0.3, 0.4) is 0 Å². The Hall–Kier alpha value is -0.340. The van der Waals surface area contributed by atoms with E-state index in [1.807, 2.05) is 18.2 Å². The second-order valence-electron chi connectivity index (χ2n) is 2.47. The predicted molar refractivity (Wildman–Crippen MR) is 57.9 cm³/mol. The Labute approximate surface area is 88.4 Å². The minimum atomic E-state index is 0.717. The van der Waals surface area contributed by atoms with Crippen molar-refractivity contribution in [1.29, 1.82) is 0 Å². The third-order valence-electron chi connectivity index (χ3n) is 1.54. The Morgan fingerprint density at radius 3 is 3.15 bits per heavy atom. The van der Waals surface area contributed by atoms with Crippen molar-refractivity contribution < 1.29 is 4.74 Å². The molecule has 1 radical (unpaired) electrons. The van der Waals surface area contributed by atoms with Gasteiger partial charge in [0, 0.05) is 10.8 Å². The summed E-state index contributed by atoms with van der Waals surface area (Å²) in [6.07, 6.45) is 1.02. The van der Waals surface area contributed by atoms with Gasteiger partial charge in [0.05, 0.1) is 7.11 Å². The molecule has 3 heteroatoms. The third-order valence-corrected chi connectivity index (χ3v) is 2.95. The van der Waals surface area contributed by atoms with Gasteiger partial charge in [0.1, 0.15) is 5.75 Å². The summed E-state index contributed by atoms with van der Waals surface area (Å²) in [5.41, 5.74) is 0. The molecule has 0 aromatic heterocycles. The van der Waals surface area contributed by atoms with Crippen LogP contribution in [0, 0.1) is 6.07 Å². The molecule has 1 nitrogen and oxygen atoms in total. The van der Waals surface area contributed by atoms with Crippen molar-refractivity contribution in [2.75, 3.05) is 18.7 Å². The highest BCUT2D eigenvalue weighted by atomic mass is 35.5. The van der Waals surface area contributed by atoms with Crippen LogP contribution < -0.4 is 4.74 Å². The van der Waals surface area contributed by atoms with E-state index in [1.54, 1.807) is 18.9 Å². The fraction of sp³-hybridized carbons (Fsp3) is 0.400. The van der Waals surface area contributed by atoms with Gasteiger partial charge < -0.3 is 4.74 Å². The number of halogens is 1. The van der Waals surface area contributed by atoms with Crippen molar-refractivity contribution in [3.8, 4) is 5.75 Å². The molecular formula is C10H12ClOS. The van der Waals surface area contributed by atoms with Crippen LogP contribution in [0.2, 0.25) is 0 Å². The van der Waals surface area contributed by atoms with Gasteiger partial charge in [-0.05, 0) is 30.4 Å². The molecule has 1 aromatic rings. The topological polar surface area (TPSA) is 9.23 Å². The van der Waals surface area contributed by atoms with E-state index in [9.17, 15) is 0 Å². The number of methoxy groups -OCH3 is 1. The minimum absolute atomic E-state index is 0.717. The van der Waals surface area contributed by atoms with E-state index in [0.717, 1.165) is 22.8 Å². The molecule has 71 valence electrons. The minimum Gasteiger partial charge on any atom is -0.496 e. The van der Waals surface area contributed by atoms with Gasteiger partial charge in [-0.3, -0.25) is 0 Å². The third kappa shape index (κ3) is 3.49. The van der Waals surface area contributed by atoms with Crippen LogP contribution in [-0.4, -0.2) is 18.7 Å². The van der Waals surface area contributed by atoms with Gasteiger partial charge in [-0.15, -0.1) is 23.4 Å². The molecule has 0 aliphatic carbocycles. The van der Waals surface area contributed by atoms with Crippen molar-refractivity contribution in [2.45, 2.75) is 11.3 Å². The van der Waals surface area contributed by atoms with Crippen molar-refractivity contribution in [3.63, 3.8) is 0 Å². The predicted octanol–water partition coefficient (Wildman–Crippen LogP) is 3.22. The summed E-state index contributed by atoms with van der Waals surface area (Å²) in [4.78, 5) is 1.16. The highest BCUT2D eigenvalue weighted by Crippen LogP contribution is 2.28. The maximum absolute atomic E-state index is 5.59. The van der Waals surface area contributed by atoms with Gasteiger partial charge in [-0.25, -0.2) is 0 Å². The Kier molecular flexibility index (Phi) is 5.09. The first-order valence-corrected chi connectivity index (χ1v) is 5.63. The van der Waals surface area contributed by atoms with Crippen molar-refractivity contribution in [3.05, 3.63) is 24.3 Å². The number of hydrogen-bond donors (Lipinski definition) is 0. The number of thioether (sulfide) groups is 1. The van der Waals surface area contributed by atoms with Gasteiger partial charge in [-0.1, -0.05) is 6.07 Å². The maximum atomic E-state index is 5.59. The van der Waals surface area contributed by atoms with E-state index in [1.165, 1.54) is 0 Å². The lowest BCUT2D eigenvalue weighted by Gasteiger charge is -2.06. The molecule has 0 atom stereocenters. The lowest BCUT2D eigenvalue weighted by molar-refractivity contribution is 0.404. The fourth-order valence-corrected chi connectivity index (χ4v) is 2.17. The molecule has 0 bridgehead atoms. The Balaban J connectivity index is 2.54. The quantitative estimate of drug-likeness (QED) is 0.424. The van der Waals surface area contributed by atoms with E-state index in [4.69, 9.17) is 16.3 Å². The number of alkyl halides is 1. The summed E-state index contributed by atoms with van der Waals surface area (Å²) in [7, 11) is 1.68. The molecule has 0 fully saturated rings. The van der Waals surface area contributed by atoms with Crippen molar-refractivity contribution in [1.82, 2.24) is 0 Å². The Bertz CT molecular complexity index is 252. The average molecular weight is 216 g/mol. The second kappa shape index (κ2) is 6.17. The van der Waals surface area contributed by atoms with Crippen LogP contribution >= 0.6 is 23.4 Å². The summed E-state index contributed by atoms with van der Waals surface area (Å²) in [5, 5.41) is 0. The molecular weight excluding hydrogens is 204 g/mol. The Morgan fingerprint density at radius 1 is 1.62 bits per heavy atom. The molecule has 0 saturated heterocycles. The molecule has 0 N–H and O–H groups in total. The van der Waals surface area contributed by atoms with E-state index in [2.05, 4.69) is 6.07 Å². The molecule has 0 saturated carbocycles. The summed E-state index contributed by atoms with van der Waals surface area (Å²) >= 11 is 7.36.